The number of nitrogens with zero attached hydrogens (tertiary/aromatic N) is 2. The van der Waals surface area contributed by atoms with Gasteiger partial charge >= 0.3 is 12.0 Å². The fourth-order valence-electron chi connectivity index (χ4n) is 2.12. The molecule has 114 valence electrons. The first-order valence-corrected chi connectivity index (χ1v) is 7.83. The predicted octanol–water partition coefficient (Wildman–Crippen LogP) is 0.0648. The van der Waals surface area contributed by atoms with E-state index in [9.17, 15) is 14.4 Å². The molecule has 20 heavy (non-hydrogen) atoms. The third-order valence-corrected chi connectivity index (χ3v) is 4.11. The standard InChI is InChI=1S/C12H21N3O4S/c1-4-8(7-20-3)14(2)12(19)15-6-10(16)13-5-9(15)11(17)18/h8-9H,4-7H2,1-3H3,(H,13,16)(H,17,18). The first kappa shape index (κ1) is 16.6. The van der Waals surface area contributed by atoms with Crippen LogP contribution >= 0.6 is 11.8 Å². The molecule has 1 saturated heterocycles. The Kier molecular flexibility index (Phi) is 6.12. The molecule has 7 nitrogen and oxygen atoms in total. The summed E-state index contributed by atoms with van der Waals surface area (Å²) in [6, 6.07) is -1.39. The van der Waals surface area contributed by atoms with Gasteiger partial charge in [-0.2, -0.15) is 11.8 Å². The summed E-state index contributed by atoms with van der Waals surface area (Å²) in [6.07, 6.45) is 2.73. The molecule has 2 atom stereocenters. The summed E-state index contributed by atoms with van der Waals surface area (Å²) in [5.41, 5.74) is 0. The van der Waals surface area contributed by atoms with Crippen molar-refractivity contribution in [2.24, 2.45) is 0 Å². The van der Waals surface area contributed by atoms with Crippen LogP contribution in [0.4, 0.5) is 4.79 Å². The van der Waals surface area contributed by atoms with Crippen molar-refractivity contribution in [3.05, 3.63) is 0 Å². The van der Waals surface area contributed by atoms with Crippen LogP contribution in [-0.4, -0.2) is 77.0 Å². The third kappa shape index (κ3) is 3.78. The van der Waals surface area contributed by atoms with Gasteiger partial charge in [-0.05, 0) is 12.7 Å². The summed E-state index contributed by atoms with van der Waals surface area (Å²) in [6.45, 7) is 1.71. The molecule has 0 aromatic heterocycles. The SMILES string of the molecule is CCC(CSC)N(C)C(=O)N1CC(=O)NCC1C(=O)O. The van der Waals surface area contributed by atoms with Crippen LogP contribution in [0.25, 0.3) is 0 Å². The van der Waals surface area contributed by atoms with Crippen molar-refractivity contribution in [2.45, 2.75) is 25.4 Å². The molecule has 0 radical (unpaired) electrons. The molecule has 3 amide bonds. The van der Waals surface area contributed by atoms with Gasteiger partial charge in [-0.3, -0.25) is 9.69 Å². The second-order valence-corrected chi connectivity index (χ2v) is 5.61. The molecule has 1 aliphatic rings. The van der Waals surface area contributed by atoms with Crippen LogP contribution < -0.4 is 5.32 Å². The summed E-state index contributed by atoms with van der Waals surface area (Å²) in [7, 11) is 1.65. The van der Waals surface area contributed by atoms with E-state index in [-0.39, 0.29) is 25.0 Å². The number of carboxylic acids is 1. The maximum absolute atomic E-state index is 12.4. The van der Waals surface area contributed by atoms with Gasteiger partial charge in [0.25, 0.3) is 0 Å². The minimum Gasteiger partial charge on any atom is -0.480 e. The lowest BCUT2D eigenvalue weighted by molar-refractivity contribution is -0.144. The number of urea groups is 1. The highest BCUT2D eigenvalue weighted by atomic mass is 32.2. The lowest BCUT2D eigenvalue weighted by Gasteiger charge is -2.37. The summed E-state index contributed by atoms with van der Waals surface area (Å²) in [5, 5.41) is 11.6. The lowest BCUT2D eigenvalue weighted by Crippen LogP contribution is -2.62. The Morgan fingerprint density at radius 2 is 2.25 bits per heavy atom. The molecule has 1 aliphatic heterocycles. The molecular weight excluding hydrogens is 282 g/mol. The van der Waals surface area contributed by atoms with E-state index in [2.05, 4.69) is 5.32 Å². The predicted molar refractivity (Wildman–Crippen MR) is 76.8 cm³/mol. The summed E-state index contributed by atoms with van der Waals surface area (Å²) >= 11 is 1.63. The Morgan fingerprint density at radius 3 is 2.75 bits per heavy atom. The number of carbonyl (C=O) groups is 3. The molecule has 0 aromatic rings. The van der Waals surface area contributed by atoms with Crippen LogP contribution in [-0.2, 0) is 9.59 Å². The van der Waals surface area contributed by atoms with Gasteiger partial charge in [0.2, 0.25) is 5.91 Å². The Morgan fingerprint density at radius 1 is 1.60 bits per heavy atom. The molecular formula is C12H21N3O4S. The Labute approximate surface area is 122 Å². The number of rotatable bonds is 5. The van der Waals surface area contributed by atoms with E-state index in [4.69, 9.17) is 5.11 Å². The minimum absolute atomic E-state index is 0.0249. The topological polar surface area (TPSA) is 90.0 Å². The number of carboxylic acid groups (broad SMARTS) is 1. The zero-order valence-electron chi connectivity index (χ0n) is 12.0. The highest BCUT2D eigenvalue weighted by Crippen LogP contribution is 2.14. The van der Waals surface area contributed by atoms with Crippen molar-refractivity contribution in [2.75, 3.05) is 32.1 Å². The quantitative estimate of drug-likeness (QED) is 0.750. The minimum atomic E-state index is -1.11. The van der Waals surface area contributed by atoms with Crippen molar-refractivity contribution >= 4 is 29.7 Å². The monoisotopic (exact) mass is 303 g/mol. The number of thioether (sulfide) groups is 1. The van der Waals surface area contributed by atoms with Crippen LogP contribution in [0.3, 0.4) is 0 Å². The van der Waals surface area contributed by atoms with Gasteiger partial charge in [-0.15, -0.1) is 0 Å². The largest absolute Gasteiger partial charge is 0.480 e. The van der Waals surface area contributed by atoms with E-state index < -0.39 is 18.0 Å². The van der Waals surface area contributed by atoms with Gasteiger partial charge in [0.15, 0.2) is 0 Å². The van der Waals surface area contributed by atoms with Gasteiger partial charge in [0, 0.05) is 25.4 Å². The maximum Gasteiger partial charge on any atom is 0.328 e. The summed E-state index contributed by atoms with van der Waals surface area (Å²) in [5.74, 6) is -0.664. The van der Waals surface area contributed by atoms with Crippen LogP contribution in [0.15, 0.2) is 0 Å². The van der Waals surface area contributed by atoms with Crippen molar-refractivity contribution < 1.29 is 19.5 Å². The number of nitrogens with one attached hydrogen (secondary N) is 1. The van der Waals surface area contributed by atoms with E-state index in [1.165, 1.54) is 4.90 Å². The normalized spacial score (nSPS) is 20.2. The van der Waals surface area contributed by atoms with Crippen molar-refractivity contribution in [1.29, 1.82) is 0 Å². The van der Waals surface area contributed by atoms with Crippen LogP contribution in [0, 0.1) is 0 Å². The van der Waals surface area contributed by atoms with Gasteiger partial charge in [-0.1, -0.05) is 6.92 Å². The number of piperazine rings is 1. The van der Waals surface area contributed by atoms with Crippen molar-refractivity contribution in [1.82, 2.24) is 15.1 Å². The number of aliphatic carboxylic acids is 1. The van der Waals surface area contributed by atoms with Gasteiger partial charge < -0.3 is 15.3 Å². The van der Waals surface area contributed by atoms with Crippen LogP contribution in [0.5, 0.6) is 0 Å². The van der Waals surface area contributed by atoms with Crippen molar-refractivity contribution in [3.8, 4) is 0 Å². The van der Waals surface area contributed by atoms with Crippen LogP contribution in [0.1, 0.15) is 13.3 Å². The van der Waals surface area contributed by atoms with E-state index in [0.29, 0.717) is 0 Å². The fourth-order valence-corrected chi connectivity index (χ4v) is 2.96. The number of hydrogen-bond donors (Lipinski definition) is 2. The smallest absolute Gasteiger partial charge is 0.328 e. The first-order chi connectivity index (χ1) is 9.42. The molecule has 0 aromatic carbocycles. The molecule has 8 heteroatoms. The number of carbonyl (C=O) groups excluding carboxylic acids is 2. The summed E-state index contributed by atoms with van der Waals surface area (Å²) < 4.78 is 0. The molecule has 0 aliphatic carbocycles. The Bertz CT molecular complexity index is 391. The number of hydrogen-bond acceptors (Lipinski definition) is 4. The lowest BCUT2D eigenvalue weighted by atomic mass is 10.2. The molecule has 0 bridgehead atoms. The van der Waals surface area contributed by atoms with Crippen LogP contribution in [0.2, 0.25) is 0 Å². The highest BCUT2D eigenvalue weighted by molar-refractivity contribution is 7.98. The van der Waals surface area contributed by atoms with Crippen molar-refractivity contribution in [3.63, 3.8) is 0 Å². The zero-order valence-corrected chi connectivity index (χ0v) is 12.8. The highest BCUT2D eigenvalue weighted by Gasteiger charge is 2.37. The molecule has 0 spiro atoms. The third-order valence-electron chi connectivity index (χ3n) is 3.39. The first-order valence-electron chi connectivity index (χ1n) is 6.44. The average molecular weight is 303 g/mol. The zero-order chi connectivity index (χ0) is 15.3. The van der Waals surface area contributed by atoms with Gasteiger partial charge in [0.05, 0.1) is 0 Å². The fraction of sp³-hybridized carbons (Fsp3) is 0.750. The molecule has 2 N–H and O–H groups in total. The maximum atomic E-state index is 12.4. The Balaban J connectivity index is 2.85. The van der Waals surface area contributed by atoms with E-state index in [1.807, 2.05) is 13.2 Å². The Hall–Kier alpha value is -1.44. The molecule has 1 fully saturated rings. The van der Waals surface area contributed by atoms with E-state index in [0.717, 1.165) is 17.1 Å². The molecule has 2 unspecified atom stereocenters. The second-order valence-electron chi connectivity index (χ2n) is 4.70. The van der Waals surface area contributed by atoms with Gasteiger partial charge in [-0.25, -0.2) is 9.59 Å². The number of amides is 3. The molecule has 1 rings (SSSR count). The van der Waals surface area contributed by atoms with E-state index >= 15 is 0 Å². The summed E-state index contributed by atoms with van der Waals surface area (Å²) in [4.78, 5) is 37.7. The second kappa shape index (κ2) is 7.37. The van der Waals surface area contributed by atoms with Gasteiger partial charge in [0.1, 0.15) is 12.6 Å². The van der Waals surface area contributed by atoms with E-state index in [1.54, 1.807) is 18.8 Å². The molecule has 1 heterocycles. The molecule has 0 saturated carbocycles. The average Bonchev–Trinajstić information content (AvgIpc) is 2.42.